The second-order valence-electron chi connectivity index (χ2n) is 2.65. The van der Waals surface area contributed by atoms with Crippen LogP contribution in [0.25, 0.3) is 0 Å². The summed E-state index contributed by atoms with van der Waals surface area (Å²) in [5.74, 6) is -2.08. The molecule has 1 aromatic heterocycles. The molecule has 7 heteroatoms. The van der Waals surface area contributed by atoms with Crippen molar-refractivity contribution < 1.29 is 22.4 Å². The Morgan fingerprint density at radius 1 is 1.47 bits per heavy atom. The highest BCUT2D eigenvalue weighted by molar-refractivity contribution is 5.94. The van der Waals surface area contributed by atoms with E-state index >= 15 is 0 Å². The van der Waals surface area contributed by atoms with Gasteiger partial charge in [-0.25, -0.2) is 4.39 Å². The predicted molar refractivity (Wildman–Crippen MR) is 42.6 cm³/mol. The van der Waals surface area contributed by atoms with E-state index in [1.165, 1.54) is 0 Å². The van der Waals surface area contributed by atoms with Gasteiger partial charge in [-0.05, 0) is 6.07 Å². The van der Waals surface area contributed by atoms with Crippen molar-refractivity contribution in [2.45, 2.75) is 6.18 Å². The Balaban J connectivity index is 2.66. The number of amides is 1. The minimum atomic E-state index is -4.51. The monoisotopic (exact) mass is 222 g/mol. The number of carbonyl (C=O) groups is 1. The second-order valence-corrected chi connectivity index (χ2v) is 2.65. The Hall–Kier alpha value is -1.66. The van der Waals surface area contributed by atoms with Gasteiger partial charge in [0.15, 0.2) is 5.82 Å². The molecule has 3 nitrogen and oxygen atoms in total. The summed E-state index contributed by atoms with van der Waals surface area (Å²) in [7, 11) is 0. The quantitative estimate of drug-likeness (QED) is 0.770. The maximum Gasteiger partial charge on any atom is 0.405 e. The molecule has 0 aliphatic rings. The van der Waals surface area contributed by atoms with Crippen LogP contribution in [0.2, 0.25) is 0 Å². The van der Waals surface area contributed by atoms with E-state index < -0.39 is 30.0 Å². The minimum Gasteiger partial charge on any atom is -0.343 e. The van der Waals surface area contributed by atoms with Crippen molar-refractivity contribution in [1.82, 2.24) is 10.3 Å². The van der Waals surface area contributed by atoms with E-state index in [9.17, 15) is 22.4 Å². The molecule has 0 saturated heterocycles. The average molecular weight is 222 g/mol. The van der Waals surface area contributed by atoms with Crippen molar-refractivity contribution in [1.29, 1.82) is 0 Å². The first-order chi connectivity index (χ1) is 6.90. The standard InChI is InChI=1S/C8H6F4N2O/c9-6-3-13-2-1-5(6)7(15)14-4-8(10,11)12/h1-3H,4H2,(H,14,15). The lowest BCUT2D eigenvalue weighted by Gasteiger charge is -2.08. The molecule has 0 aromatic carbocycles. The van der Waals surface area contributed by atoms with E-state index in [0.717, 1.165) is 18.5 Å². The van der Waals surface area contributed by atoms with Gasteiger partial charge in [0.05, 0.1) is 11.8 Å². The molecule has 15 heavy (non-hydrogen) atoms. The zero-order valence-electron chi connectivity index (χ0n) is 7.31. The molecule has 0 bridgehead atoms. The van der Waals surface area contributed by atoms with E-state index in [1.54, 1.807) is 5.32 Å². The summed E-state index contributed by atoms with van der Waals surface area (Å²) in [6.45, 7) is -1.49. The van der Waals surface area contributed by atoms with Gasteiger partial charge in [-0.15, -0.1) is 0 Å². The van der Waals surface area contributed by atoms with Gasteiger partial charge in [-0.2, -0.15) is 13.2 Å². The van der Waals surface area contributed by atoms with Gasteiger partial charge in [0.2, 0.25) is 0 Å². The summed E-state index contributed by atoms with van der Waals surface area (Å²) in [6, 6.07) is 1.00. The third-order valence-corrected chi connectivity index (χ3v) is 1.47. The Bertz CT molecular complexity index is 364. The van der Waals surface area contributed by atoms with Gasteiger partial charge >= 0.3 is 6.18 Å². The SMILES string of the molecule is O=C(NCC(F)(F)F)c1ccncc1F. The van der Waals surface area contributed by atoms with Crippen molar-refractivity contribution in [2.24, 2.45) is 0 Å². The van der Waals surface area contributed by atoms with Crippen molar-refractivity contribution in [2.75, 3.05) is 6.54 Å². The molecule has 0 radical (unpaired) electrons. The highest BCUT2D eigenvalue weighted by Crippen LogP contribution is 2.13. The molecule has 0 unspecified atom stereocenters. The molecule has 0 atom stereocenters. The topological polar surface area (TPSA) is 42.0 Å². The fourth-order valence-corrected chi connectivity index (χ4v) is 0.835. The third-order valence-electron chi connectivity index (χ3n) is 1.47. The molecule has 1 aromatic rings. The molecule has 82 valence electrons. The van der Waals surface area contributed by atoms with Crippen LogP contribution in [0.3, 0.4) is 0 Å². The molecule has 0 fully saturated rings. The summed E-state index contributed by atoms with van der Waals surface area (Å²) >= 11 is 0. The fraction of sp³-hybridized carbons (Fsp3) is 0.250. The van der Waals surface area contributed by atoms with E-state index in [0.29, 0.717) is 0 Å². The van der Waals surface area contributed by atoms with Crippen molar-refractivity contribution in [3.05, 3.63) is 29.8 Å². The number of alkyl halides is 3. The van der Waals surface area contributed by atoms with Gasteiger partial charge in [0.1, 0.15) is 6.54 Å². The van der Waals surface area contributed by atoms with Gasteiger partial charge < -0.3 is 5.32 Å². The van der Waals surface area contributed by atoms with Crippen LogP contribution in [0.15, 0.2) is 18.5 Å². The Morgan fingerprint density at radius 2 is 2.13 bits per heavy atom. The summed E-state index contributed by atoms with van der Waals surface area (Å²) in [5.41, 5.74) is -0.464. The summed E-state index contributed by atoms with van der Waals surface area (Å²) in [6.07, 6.45) is -2.65. The van der Waals surface area contributed by atoms with Crippen molar-refractivity contribution in [3.8, 4) is 0 Å². The lowest BCUT2D eigenvalue weighted by molar-refractivity contribution is -0.123. The average Bonchev–Trinajstić information content (AvgIpc) is 2.14. The van der Waals surface area contributed by atoms with Crippen LogP contribution in [-0.4, -0.2) is 23.6 Å². The highest BCUT2D eigenvalue weighted by atomic mass is 19.4. The van der Waals surface area contributed by atoms with Crippen LogP contribution in [0.4, 0.5) is 17.6 Å². The highest BCUT2D eigenvalue weighted by Gasteiger charge is 2.28. The molecule has 1 amide bonds. The summed E-state index contributed by atoms with van der Waals surface area (Å²) in [4.78, 5) is 14.4. The van der Waals surface area contributed by atoms with Gasteiger partial charge in [0, 0.05) is 6.20 Å². The van der Waals surface area contributed by atoms with Crippen molar-refractivity contribution in [3.63, 3.8) is 0 Å². The summed E-state index contributed by atoms with van der Waals surface area (Å²) in [5, 5.41) is 1.55. The maximum atomic E-state index is 12.9. The normalized spacial score (nSPS) is 11.2. The van der Waals surface area contributed by atoms with E-state index in [-0.39, 0.29) is 0 Å². The summed E-state index contributed by atoms with van der Waals surface area (Å²) < 4.78 is 48.0. The Labute approximate surface area is 82.1 Å². The molecule has 1 heterocycles. The third kappa shape index (κ3) is 3.53. The Morgan fingerprint density at radius 3 is 2.67 bits per heavy atom. The first-order valence-corrected chi connectivity index (χ1v) is 3.84. The first-order valence-electron chi connectivity index (χ1n) is 3.84. The van der Waals surface area contributed by atoms with E-state index in [1.807, 2.05) is 0 Å². The number of hydrogen-bond donors (Lipinski definition) is 1. The number of aromatic nitrogens is 1. The predicted octanol–water partition coefficient (Wildman–Crippen LogP) is 1.51. The molecule has 0 aliphatic heterocycles. The maximum absolute atomic E-state index is 12.9. The molecular formula is C8H6F4N2O. The molecule has 0 aliphatic carbocycles. The van der Waals surface area contributed by atoms with Crippen LogP contribution in [-0.2, 0) is 0 Å². The first kappa shape index (κ1) is 11.4. The van der Waals surface area contributed by atoms with Crippen LogP contribution in [0.1, 0.15) is 10.4 Å². The molecule has 1 N–H and O–H groups in total. The molecular weight excluding hydrogens is 216 g/mol. The zero-order chi connectivity index (χ0) is 11.5. The van der Waals surface area contributed by atoms with Crippen LogP contribution >= 0.6 is 0 Å². The number of nitrogens with one attached hydrogen (secondary N) is 1. The number of carbonyl (C=O) groups excluding carboxylic acids is 1. The number of halogens is 4. The molecule has 1 rings (SSSR count). The van der Waals surface area contributed by atoms with Gasteiger partial charge in [0.25, 0.3) is 5.91 Å². The number of nitrogens with zero attached hydrogens (tertiary/aromatic N) is 1. The lowest BCUT2D eigenvalue weighted by Crippen LogP contribution is -2.34. The van der Waals surface area contributed by atoms with Gasteiger partial charge in [-0.3, -0.25) is 9.78 Å². The fourth-order valence-electron chi connectivity index (χ4n) is 0.835. The Kier molecular flexibility index (Phi) is 3.23. The van der Waals surface area contributed by atoms with E-state index in [4.69, 9.17) is 0 Å². The minimum absolute atomic E-state index is 0.464. The molecule has 0 saturated carbocycles. The van der Waals surface area contributed by atoms with Crippen LogP contribution in [0.5, 0.6) is 0 Å². The largest absolute Gasteiger partial charge is 0.405 e. The number of pyridine rings is 1. The molecule has 0 spiro atoms. The van der Waals surface area contributed by atoms with E-state index in [2.05, 4.69) is 4.98 Å². The van der Waals surface area contributed by atoms with Crippen LogP contribution in [0, 0.1) is 5.82 Å². The lowest BCUT2D eigenvalue weighted by atomic mass is 10.2. The van der Waals surface area contributed by atoms with Gasteiger partial charge in [-0.1, -0.05) is 0 Å². The van der Waals surface area contributed by atoms with Crippen LogP contribution < -0.4 is 5.32 Å². The number of rotatable bonds is 2. The zero-order valence-corrected chi connectivity index (χ0v) is 7.31. The number of hydrogen-bond acceptors (Lipinski definition) is 2. The smallest absolute Gasteiger partial charge is 0.343 e. The second kappa shape index (κ2) is 4.24. The van der Waals surface area contributed by atoms with Crippen molar-refractivity contribution >= 4 is 5.91 Å².